The molecule has 0 aliphatic rings. The topological polar surface area (TPSA) is 36.4 Å². The number of thioether (sulfide) groups is 1. The zero-order valence-corrected chi connectivity index (χ0v) is 11.4. The van der Waals surface area contributed by atoms with Crippen molar-refractivity contribution in [3.63, 3.8) is 0 Å². The molecule has 15 heavy (non-hydrogen) atoms. The third-order valence-electron chi connectivity index (χ3n) is 2.41. The fraction of sp³-hybridized carbons (Fsp3) is 0.909. The van der Waals surface area contributed by atoms with Crippen molar-refractivity contribution in [1.82, 2.24) is 10.6 Å². The summed E-state index contributed by atoms with van der Waals surface area (Å²) in [7, 11) is 1.82. The van der Waals surface area contributed by atoms with Crippen LogP contribution in [0.1, 0.15) is 27.2 Å². The Bertz CT molecular complexity index is 181. The van der Waals surface area contributed by atoms with Crippen molar-refractivity contribution in [2.24, 2.45) is 10.9 Å². The number of hydrogen-bond donors (Lipinski definition) is 2. The molecule has 0 rings (SSSR count). The lowest BCUT2D eigenvalue weighted by Gasteiger charge is -2.20. The van der Waals surface area contributed by atoms with Crippen molar-refractivity contribution in [2.45, 2.75) is 33.2 Å². The van der Waals surface area contributed by atoms with Crippen LogP contribution in [-0.2, 0) is 0 Å². The van der Waals surface area contributed by atoms with Crippen LogP contribution < -0.4 is 10.6 Å². The van der Waals surface area contributed by atoms with E-state index in [9.17, 15) is 0 Å². The molecule has 4 heteroatoms. The minimum atomic E-state index is 0.455. The molecule has 0 aliphatic carbocycles. The molecule has 90 valence electrons. The van der Waals surface area contributed by atoms with Gasteiger partial charge in [0.2, 0.25) is 0 Å². The number of guanidine groups is 1. The van der Waals surface area contributed by atoms with Gasteiger partial charge < -0.3 is 10.6 Å². The van der Waals surface area contributed by atoms with Crippen LogP contribution >= 0.6 is 11.8 Å². The normalized spacial score (nSPS) is 14.1. The summed E-state index contributed by atoms with van der Waals surface area (Å²) in [5.74, 6) is 2.73. The van der Waals surface area contributed by atoms with Gasteiger partial charge in [-0.25, -0.2) is 0 Å². The molecule has 0 aromatic rings. The van der Waals surface area contributed by atoms with E-state index in [1.54, 1.807) is 0 Å². The van der Waals surface area contributed by atoms with Crippen LogP contribution in [0.4, 0.5) is 0 Å². The highest BCUT2D eigenvalue weighted by Gasteiger charge is 2.07. The summed E-state index contributed by atoms with van der Waals surface area (Å²) in [6, 6.07) is 0.455. The molecule has 0 fully saturated rings. The lowest BCUT2D eigenvalue weighted by Crippen LogP contribution is -2.44. The van der Waals surface area contributed by atoms with Crippen LogP contribution in [0.15, 0.2) is 4.99 Å². The standard InChI is InChI=1S/C11H25N3S/c1-9(2)10(3)14-11(12-4)13-7-6-8-15-5/h9-10H,6-8H2,1-5H3,(H2,12,13,14). The predicted octanol–water partition coefficient (Wildman–Crippen LogP) is 1.95. The number of hydrogen-bond acceptors (Lipinski definition) is 2. The largest absolute Gasteiger partial charge is 0.356 e. The van der Waals surface area contributed by atoms with E-state index in [2.05, 4.69) is 42.7 Å². The molecular weight excluding hydrogens is 206 g/mol. The third kappa shape index (κ3) is 7.54. The number of aliphatic imine (C=N–C) groups is 1. The van der Waals surface area contributed by atoms with Gasteiger partial charge in [-0.05, 0) is 31.3 Å². The van der Waals surface area contributed by atoms with Crippen molar-refractivity contribution in [2.75, 3.05) is 25.6 Å². The summed E-state index contributed by atoms with van der Waals surface area (Å²) in [6.45, 7) is 7.59. The van der Waals surface area contributed by atoms with Crippen LogP contribution in [0.5, 0.6) is 0 Å². The maximum Gasteiger partial charge on any atom is 0.191 e. The SMILES string of the molecule is CN=C(NCCCSC)NC(C)C(C)C. The van der Waals surface area contributed by atoms with Crippen molar-refractivity contribution in [1.29, 1.82) is 0 Å². The second-order valence-corrected chi connectivity index (χ2v) is 5.01. The van der Waals surface area contributed by atoms with Gasteiger partial charge in [0.25, 0.3) is 0 Å². The Morgan fingerprint density at radius 2 is 2.00 bits per heavy atom. The van der Waals surface area contributed by atoms with Gasteiger partial charge in [-0.2, -0.15) is 11.8 Å². The average molecular weight is 231 g/mol. The second-order valence-electron chi connectivity index (χ2n) is 4.02. The van der Waals surface area contributed by atoms with Gasteiger partial charge >= 0.3 is 0 Å². The van der Waals surface area contributed by atoms with Gasteiger partial charge in [0, 0.05) is 19.6 Å². The van der Waals surface area contributed by atoms with Crippen molar-refractivity contribution in [3.05, 3.63) is 0 Å². The first-order valence-corrected chi connectivity index (χ1v) is 6.97. The highest BCUT2D eigenvalue weighted by atomic mass is 32.2. The highest BCUT2D eigenvalue weighted by molar-refractivity contribution is 7.98. The van der Waals surface area contributed by atoms with Crippen LogP contribution in [0.2, 0.25) is 0 Å². The Kier molecular flexibility index (Phi) is 8.67. The van der Waals surface area contributed by atoms with Gasteiger partial charge in [-0.1, -0.05) is 13.8 Å². The minimum Gasteiger partial charge on any atom is -0.356 e. The number of nitrogens with zero attached hydrogens (tertiary/aromatic N) is 1. The summed E-state index contributed by atoms with van der Waals surface area (Å²) in [4.78, 5) is 4.20. The van der Waals surface area contributed by atoms with E-state index in [4.69, 9.17) is 0 Å². The van der Waals surface area contributed by atoms with Crippen LogP contribution in [0, 0.1) is 5.92 Å². The third-order valence-corrected chi connectivity index (χ3v) is 3.10. The Morgan fingerprint density at radius 1 is 1.33 bits per heavy atom. The van der Waals surface area contributed by atoms with Crippen molar-refractivity contribution < 1.29 is 0 Å². The lowest BCUT2D eigenvalue weighted by molar-refractivity contribution is 0.481. The average Bonchev–Trinajstić information content (AvgIpc) is 2.22. The first kappa shape index (κ1) is 14.6. The Morgan fingerprint density at radius 3 is 2.47 bits per heavy atom. The number of nitrogens with one attached hydrogen (secondary N) is 2. The molecule has 0 radical (unpaired) electrons. The molecule has 0 amide bonds. The predicted molar refractivity (Wildman–Crippen MR) is 71.8 cm³/mol. The first-order chi connectivity index (χ1) is 7.11. The molecule has 0 aromatic carbocycles. The van der Waals surface area contributed by atoms with E-state index in [-0.39, 0.29) is 0 Å². The quantitative estimate of drug-likeness (QED) is 0.417. The van der Waals surface area contributed by atoms with Gasteiger partial charge in [0.05, 0.1) is 0 Å². The first-order valence-electron chi connectivity index (χ1n) is 5.58. The van der Waals surface area contributed by atoms with Crippen LogP contribution in [0.3, 0.4) is 0 Å². The van der Waals surface area contributed by atoms with Crippen LogP contribution in [-0.4, -0.2) is 37.6 Å². The van der Waals surface area contributed by atoms with Gasteiger partial charge in [-0.3, -0.25) is 4.99 Å². The van der Waals surface area contributed by atoms with Crippen molar-refractivity contribution >= 4 is 17.7 Å². The van der Waals surface area contributed by atoms with Gasteiger partial charge in [0.15, 0.2) is 5.96 Å². The molecule has 0 spiro atoms. The van der Waals surface area contributed by atoms with E-state index >= 15 is 0 Å². The molecule has 1 unspecified atom stereocenters. The maximum atomic E-state index is 4.20. The molecule has 0 saturated heterocycles. The van der Waals surface area contributed by atoms with E-state index in [0.29, 0.717) is 12.0 Å². The van der Waals surface area contributed by atoms with E-state index < -0.39 is 0 Å². The molecule has 0 heterocycles. The zero-order chi connectivity index (χ0) is 11.7. The minimum absolute atomic E-state index is 0.455. The zero-order valence-electron chi connectivity index (χ0n) is 10.6. The fourth-order valence-electron chi connectivity index (χ4n) is 1.00. The highest BCUT2D eigenvalue weighted by Crippen LogP contribution is 1.99. The molecule has 0 saturated carbocycles. The summed E-state index contributed by atoms with van der Waals surface area (Å²) < 4.78 is 0. The van der Waals surface area contributed by atoms with Gasteiger partial charge in [0.1, 0.15) is 0 Å². The second kappa shape index (κ2) is 8.89. The molecular formula is C11H25N3S. The molecule has 0 bridgehead atoms. The smallest absolute Gasteiger partial charge is 0.191 e. The number of rotatable bonds is 6. The summed E-state index contributed by atoms with van der Waals surface area (Å²) in [5, 5.41) is 6.69. The molecule has 1 atom stereocenters. The lowest BCUT2D eigenvalue weighted by atomic mass is 10.1. The summed E-state index contributed by atoms with van der Waals surface area (Å²) in [5.41, 5.74) is 0. The van der Waals surface area contributed by atoms with E-state index in [1.165, 1.54) is 12.2 Å². The van der Waals surface area contributed by atoms with E-state index in [1.807, 2.05) is 18.8 Å². The fourth-order valence-corrected chi connectivity index (χ4v) is 1.43. The van der Waals surface area contributed by atoms with Gasteiger partial charge in [-0.15, -0.1) is 0 Å². The molecule has 0 aromatic heterocycles. The monoisotopic (exact) mass is 231 g/mol. The Hall–Kier alpha value is -0.380. The summed E-state index contributed by atoms with van der Waals surface area (Å²) >= 11 is 1.88. The van der Waals surface area contributed by atoms with Crippen molar-refractivity contribution in [3.8, 4) is 0 Å². The Labute approximate surface area is 98.5 Å². The van der Waals surface area contributed by atoms with Crippen LogP contribution in [0.25, 0.3) is 0 Å². The van der Waals surface area contributed by atoms with E-state index in [0.717, 1.165) is 12.5 Å². The molecule has 3 nitrogen and oxygen atoms in total. The molecule has 0 aliphatic heterocycles. The maximum absolute atomic E-state index is 4.20. The molecule has 2 N–H and O–H groups in total. The Balaban J connectivity index is 3.74. The summed E-state index contributed by atoms with van der Waals surface area (Å²) in [6.07, 6.45) is 3.31.